The van der Waals surface area contributed by atoms with Crippen LogP contribution in [0, 0.1) is 11.8 Å². The molecule has 1 unspecified atom stereocenters. The molecule has 194 valence electrons. The van der Waals surface area contributed by atoms with Crippen LogP contribution < -0.4 is 0 Å². The summed E-state index contributed by atoms with van der Waals surface area (Å²) in [6, 6.07) is 0. The summed E-state index contributed by atoms with van der Waals surface area (Å²) >= 11 is 0. The largest absolute Gasteiger partial charge is 0.481 e. The molecular formula is C27H50O6. The molecule has 0 aliphatic heterocycles. The molecule has 2 N–H and O–H groups in total. The molecule has 0 heterocycles. The number of hydrogen-bond donors (Lipinski definition) is 2. The molecule has 6 nitrogen and oxygen atoms in total. The molecule has 1 fully saturated rings. The summed E-state index contributed by atoms with van der Waals surface area (Å²) in [5.41, 5.74) is 0. The molecule has 0 saturated heterocycles. The van der Waals surface area contributed by atoms with Gasteiger partial charge < -0.3 is 14.9 Å². The van der Waals surface area contributed by atoms with Crippen LogP contribution in [0.5, 0.6) is 0 Å². The van der Waals surface area contributed by atoms with E-state index in [-0.39, 0.29) is 18.3 Å². The molecule has 0 radical (unpaired) electrons. The van der Waals surface area contributed by atoms with Crippen LogP contribution in [0.1, 0.15) is 124 Å². The lowest BCUT2D eigenvalue weighted by molar-refractivity contribution is -0.143. The van der Waals surface area contributed by atoms with Gasteiger partial charge in [-0.3, -0.25) is 9.59 Å². The monoisotopic (exact) mass is 470 g/mol. The van der Waals surface area contributed by atoms with Gasteiger partial charge in [-0.1, -0.05) is 104 Å². The number of esters is 1. The number of unbranched alkanes of at least 4 members (excludes halogenated alkanes) is 5. The van der Waals surface area contributed by atoms with Crippen LogP contribution in [-0.2, 0) is 19.1 Å². The van der Waals surface area contributed by atoms with Gasteiger partial charge in [-0.2, -0.15) is 0 Å². The minimum Gasteiger partial charge on any atom is -0.481 e. The van der Waals surface area contributed by atoms with Gasteiger partial charge in [-0.15, -0.1) is 0 Å². The van der Waals surface area contributed by atoms with Gasteiger partial charge in [0.15, 0.2) is 0 Å². The number of carbonyl (C=O) groups is 3. The third-order valence-corrected chi connectivity index (χ3v) is 5.42. The first-order valence-electron chi connectivity index (χ1n) is 13.0. The van der Waals surface area contributed by atoms with Crippen molar-refractivity contribution in [3.63, 3.8) is 0 Å². The topological polar surface area (TPSA) is 101 Å². The minimum absolute atomic E-state index is 0.0697. The molecule has 0 spiro atoms. The standard InChI is InChI=1S/C14H26O4.C7H12O2.C6H12/c1-2-3-4-5-6-7-9-12(14(17)18)10-8-11-13(15)16;1-4-7(8)9-5-6(2)3;1-2-4-6-5-3-1/h12H,2-11H2,1H3,(H,15,16)(H,17,18);4,6H,1,5H2,2-3H3;1-6H2. The Bertz CT molecular complexity index is 485. The predicted molar refractivity (Wildman–Crippen MR) is 134 cm³/mol. The number of rotatable bonds is 15. The van der Waals surface area contributed by atoms with Gasteiger partial charge in [-0.05, 0) is 25.2 Å². The van der Waals surface area contributed by atoms with E-state index in [0.29, 0.717) is 31.8 Å². The second-order valence-corrected chi connectivity index (χ2v) is 9.23. The summed E-state index contributed by atoms with van der Waals surface area (Å²) in [5.74, 6) is -1.94. The quantitative estimate of drug-likeness (QED) is 0.147. The van der Waals surface area contributed by atoms with Crippen molar-refractivity contribution in [2.45, 2.75) is 124 Å². The molecule has 0 bridgehead atoms. The van der Waals surface area contributed by atoms with Crippen LogP contribution in [0.3, 0.4) is 0 Å². The number of hydrogen-bond acceptors (Lipinski definition) is 4. The Morgan fingerprint density at radius 1 is 0.848 bits per heavy atom. The van der Waals surface area contributed by atoms with E-state index in [4.69, 9.17) is 14.9 Å². The zero-order valence-electron chi connectivity index (χ0n) is 21.5. The van der Waals surface area contributed by atoms with Crippen LogP contribution in [0.2, 0.25) is 0 Å². The number of ether oxygens (including phenoxy) is 1. The van der Waals surface area contributed by atoms with E-state index in [0.717, 1.165) is 12.8 Å². The lowest BCUT2D eigenvalue weighted by Crippen LogP contribution is -2.14. The van der Waals surface area contributed by atoms with Gasteiger partial charge in [0.2, 0.25) is 0 Å². The van der Waals surface area contributed by atoms with Gasteiger partial charge in [0, 0.05) is 12.5 Å². The van der Waals surface area contributed by atoms with Crippen molar-refractivity contribution < 1.29 is 29.3 Å². The first kappa shape index (κ1) is 33.3. The molecule has 0 amide bonds. The Morgan fingerprint density at radius 2 is 1.33 bits per heavy atom. The molecule has 33 heavy (non-hydrogen) atoms. The Morgan fingerprint density at radius 3 is 1.76 bits per heavy atom. The van der Waals surface area contributed by atoms with Crippen molar-refractivity contribution in [3.8, 4) is 0 Å². The molecule has 1 atom stereocenters. The first-order chi connectivity index (χ1) is 15.7. The van der Waals surface area contributed by atoms with Crippen LogP contribution in [-0.4, -0.2) is 34.7 Å². The molecule has 0 aromatic rings. The smallest absolute Gasteiger partial charge is 0.330 e. The maximum atomic E-state index is 11.0. The van der Waals surface area contributed by atoms with Crippen molar-refractivity contribution in [1.29, 1.82) is 0 Å². The lowest BCUT2D eigenvalue weighted by Gasteiger charge is -2.11. The van der Waals surface area contributed by atoms with Gasteiger partial charge >= 0.3 is 17.9 Å². The zero-order valence-corrected chi connectivity index (χ0v) is 21.5. The number of carboxylic acids is 2. The van der Waals surface area contributed by atoms with E-state index in [9.17, 15) is 14.4 Å². The molecule has 1 saturated carbocycles. The predicted octanol–water partition coefficient (Wildman–Crippen LogP) is 7.40. The SMILES string of the molecule is C1CCCCC1.C=CC(=O)OCC(C)C.CCCCCCCCC(CCCC(=O)O)C(=O)O. The molecule has 6 heteroatoms. The van der Waals surface area contributed by atoms with E-state index >= 15 is 0 Å². The second kappa shape index (κ2) is 24.8. The van der Waals surface area contributed by atoms with E-state index < -0.39 is 11.9 Å². The van der Waals surface area contributed by atoms with Gasteiger partial charge in [0.25, 0.3) is 0 Å². The van der Waals surface area contributed by atoms with Crippen molar-refractivity contribution in [2.24, 2.45) is 11.8 Å². The Balaban J connectivity index is 0. The molecule has 1 aliphatic rings. The summed E-state index contributed by atoms with van der Waals surface area (Å²) in [5, 5.41) is 17.5. The lowest BCUT2D eigenvalue weighted by atomic mass is 9.95. The fraction of sp³-hybridized carbons (Fsp3) is 0.815. The van der Waals surface area contributed by atoms with Gasteiger partial charge in [0.1, 0.15) is 0 Å². The molecule has 0 aromatic heterocycles. The second-order valence-electron chi connectivity index (χ2n) is 9.23. The number of carbonyl (C=O) groups excluding carboxylic acids is 1. The van der Waals surface area contributed by atoms with Crippen molar-refractivity contribution in [1.82, 2.24) is 0 Å². The highest BCUT2D eigenvalue weighted by Crippen LogP contribution is 2.18. The summed E-state index contributed by atoms with van der Waals surface area (Å²) in [4.78, 5) is 31.7. The summed E-state index contributed by atoms with van der Waals surface area (Å²) < 4.78 is 4.70. The molecule has 0 aromatic carbocycles. The van der Waals surface area contributed by atoms with Crippen LogP contribution in [0.25, 0.3) is 0 Å². The summed E-state index contributed by atoms with van der Waals surface area (Å²) in [7, 11) is 0. The van der Waals surface area contributed by atoms with E-state index in [2.05, 4.69) is 13.5 Å². The van der Waals surface area contributed by atoms with Crippen LogP contribution >= 0.6 is 0 Å². The fourth-order valence-electron chi connectivity index (χ4n) is 3.43. The van der Waals surface area contributed by atoms with E-state index in [1.807, 2.05) is 13.8 Å². The molecule has 1 aliphatic carbocycles. The minimum atomic E-state index is -0.848. The maximum Gasteiger partial charge on any atom is 0.330 e. The third kappa shape index (κ3) is 28.1. The maximum absolute atomic E-state index is 11.0. The van der Waals surface area contributed by atoms with Crippen molar-refractivity contribution in [2.75, 3.05) is 6.61 Å². The Hall–Kier alpha value is -1.85. The Labute approximate surface area is 202 Å². The molecule has 1 rings (SSSR count). The average Bonchev–Trinajstić information content (AvgIpc) is 2.80. The van der Waals surface area contributed by atoms with Gasteiger partial charge in [-0.25, -0.2) is 4.79 Å². The fourth-order valence-corrected chi connectivity index (χ4v) is 3.43. The highest BCUT2D eigenvalue weighted by Gasteiger charge is 2.16. The normalized spacial score (nSPS) is 13.6. The number of aliphatic carboxylic acids is 2. The summed E-state index contributed by atoms with van der Waals surface area (Å²) in [6.07, 6.45) is 18.8. The van der Waals surface area contributed by atoms with Crippen molar-refractivity contribution >= 4 is 17.9 Å². The van der Waals surface area contributed by atoms with E-state index in [1.54, 1.807) is 0 Å². The highest BCUT2D eigenvalue weighted by atomic mass is 16.5. The summed E-state index contributed by atoms with van der Waals surface area (Å²) in [6.45, 7) is 9.88. The Kier molecular flexibility index (Phi) is 25.0. The van der Waals surface area contributed by atoms with Crippen LogP contribution in [0.4, 0.5) is 0 Å². The van der Waals surface area contributed by atoms with Gasteiger partial charge in [0.05, 0.1) is 12.5 Å². The average molecular weight is 471 g/mol. The zero-order chi connectivity index (χ0) is 25.3. The first-order valence-corrected chi connectivity index (χ1v) is 13.0. The third-order valence-electron chi connectivity index (χ3n) is 5.42. The van der Waals surface area contributed by atoms with Crippen LogP contribution in [0.15, 0.2) is 12.7 Å². The highest BCUT2D eigenvalue weighted by molar-refractivity contribution is 5.81. The van der Waals surface area contributed by atoms with Crippen molar-refractivity contribution in [3.05, 3.63) is 12.7 Å². The number of carboxylic acid groups (broad SMARTS) is 2. The molecular weight excluding hydrogens is 420 g/mol. The van der Waals surface area contributed by atoms with E-state index in [1.165, 1.54) is 70.3 Å².